The van der Waals surface area contributed by atoms with Crippen molar-refractivity contribution >= 4 is 64.6 Å². The topological polar surface area (TPSA) is 19.9 Å². The minimum Gasteiger partial charge on any atom is -0.289 e. The quantitative estimate of drug-likeness (QED) is 0.211. The molecule has 1 radical (unpaired) electrons. The molecule has 0 spiro atoms. The molecule has 0 heterocycles. The van der Waals surface area contributed by atoms with Gasteiger partial charge in [0.05, 0.1) is 0 Å². The second-order valence-electron chi connectivity index (χ2n) is 7.12. The Kier molecular flexibility index (Phi) is 1.78. The predicted molar refractivity (Wildman–Crippen MR) is 105 cm³/mol. The molecule has 0 saturated heterocycles. The molecule has 0 N–H and O–H groups in total. The lowest BCUT2D eigenvalue weighted by Gasteiger charge is -2.20. The molecule has 0 aliphatic carbocycles. The maximum Gasteiger partial charge on any atom is 0.187 e. The van der Waals surface area contributed by atoms with Gasteiger partial charge in [0.25, 0.3) is 0 Å². The molecule has 0 aliphatic rings. The maximum atomic E-state index is 12.7. The summed E-state index contributed by atoms with van der Waals surface area (Å²) in [7, 11) is 0. The standard InChI is InChI=1S/C24H11O/c25-18-11-16-8-7-14-4-2-12-1-3-13-5-6-15-9-10-17(18)24-22(15)20(13)19(12)21(14)23(16)24/h1-11H. The summed E-state index contributed by atoms with van der Waals surface area (Å²) in [5.41, 5.74) is 0. The molecular formula is C24H11O. The van der Waals surface area contributed by atoms with Crippen molar-refractivity contribution in [3.63, 3.8) is 0 Å². The Bertz CT molecular complexity index is 1530. The zero-order valence-corrected chi connectivity index (χ0v) is 13.3. The SMILES string of the molecule is [O]c1cc2ccc3ccc4ccc5ccc6ccc1c1c6c5c4c3c21. The Morgan fingerprint density at radius 2 is 0.760 bits per heavy atom. The third-order valence-electron chi connectivity index (χ3n) is 5.96. The number of rotatable bonds is 0. The van der Waals surface area contributed by atoms with Crippen molar-refractivity contribution in [2.45, 2.75) is 0 Å². The first-order valence-electron chi connectivity index (χ1n) is 8.58. The van der Waals surface area contributed by atoms with E-state index in [1.54, 1.807) is 6.07 Å². The molecule has 0 saturated carbocycles. The first kappa shape index (κ1) is 12.1. The second kappa shape index (κ2) is 3.68. The van der Waals surface area contributed by atoms with Crippen molar-refractivity contribution in [2.75, 3.05) is 0 Å². The number of benzene rings is 7. The molecule has 113 valence electrons. The van der Waals surface area contributed by atoms with Gasteiger partial charge in [0.1, 0.15) is 0 Å². The van der Waals surface area contributed by atoms with Crippen LogP contribution in [0.2, 0.25) is 0 Å². The highest BCUT2D eigenvalue weighted by Gasteiger charge is 2.21. The maximum absolute atomic E-state index is 12.7. The fraction of sp³-hybridized carbons (Fsp3) is 0. The van der Waals surface area contributed by atoms with Crippen LogP contribution >= 0.6 is 0 Å². The predicted octanol–water partition coefficient (Wildman–Crippen LogP) is 7.06. The van der Waals surface area contributed by atoms with Crippen LogP contribution in [0.1, 0.15) is 0 Å². The summed E-state index contributed by atoms with van der Waals surface area (Å²) in [4.78, 5) is 0. The minimum absolute atomic E-state index is 0.118. The Hall–Kier alpha value is -3.32. The summed E-state index contributed by atoms with van der Waals surface area (Å²) in [5, 5.41) is 27.2. The number of hydrogen-bond donors (Lipinski definition) is 0. The molecule has 0 unspecified atom stereocenters. The third kappa shape index (κ3) is 1.20. The van der Waals surface area contributed by atoms with Crippen LogP contribution < -0.4 is 0 Å². The van der Waals surface area contributed by atoms with Crippen molar-refractivity contribution < 1.29 is 5.11 Å². The highest BCUT2D eigenvalue weighted by atomic mass is 16.3. The van der Waals surface area contributed by atoms with E-state index in [1.165, 1.54) is 48.5 Å². The fourth-order valence-corrected chi connectivity index (χ4v) is 4.95. The average Bonchev–Trinajstić information content (AvgIpc) is 2.66. The van der Waals surface area contributed by atoms with Gasteiger partial charge >= 0.3 is 0 Å². The van der Waals surface area contributed by atoms with E-state index < -0.39 is 0 Å². The van der Waals surface area contributed by atoms with Crippen LogP contribution in [0.15, 0.2) is 66.7 Å². The lowest BCUT2D eigenvalue weighted by atomic mass is 9.83. The van der Waals surface area contributed by atoms with Crippen LogP contribution in [-0.2, 0) is 5.11 Å². The van der Waals surface area contributed by atoms with Gasteiger partial charge in [-0.15, -0.1) is 0 Å². The van der Waals surface area contributed by atoms with Gasteiger partial charge in [-0.05, 0) is 66.0 Å². The van der Waals surface area contributed by atoms with E-state index in [0.717, 1.165) is 16.2 Å². The van der Waals surface area contributed by atoms with Gasteiger partial charge in [-0.1, -0.05) is 54.6 Å². The van der Waals surface area contributed by atoms with Gasteiger partial charge in [0.2, 0.25) is 0 Å². The largest absolute Gasteiger partial charge is 0.289 e. The third-order valence-corrected chi connectivity index (χ3v) is 5.96. The molecule has 1 nitrogen and oxygen atoms in total. The molecule has 25 heavy (non-hydrogen) atoms. The highest BCUT2D eigenvalue weighted by Crippen LogP contribution is 2.49. The monoisotopic (exact) mass is 315 g/mol. The van der Waals surface area contributed by atoms with Crippen LogP contribution in [0.4, 0.5) is 0 Å². The van der Waals surface area contributed by atoms with E-state index in [9.17, 15) is 5.11 Å². The first-order chi connectivity index (χ1) is 12.3. The molecule has 0 aliphatic heterocycles. The lowest BCUT2D eigenvalue weighted by Crippen LogP contribution is -1.92. The summed E-state index contributed by atoms with van der Waals surface area (Å²) in [5.74, 6) is 0.118. The van der Waals surface area contributed by atoms with Crippen LogP contribution in [0, 0.1) is 0 Å². The Balaban J connectivity index is 2.10. The first-order valence-corrected chi connectivity index (χ1v) is 8.58. The summed E-state index contributed by atoms with van der Waals surface area (Å²) in [6.45, 7) is 0. The van der Waals surface area contributed by atoms with Gasteiger partial charge < -0.3 is 0 Å². The molecule has 0 fully saturated rings. The van der Waals surface area contributed by atoms with E-state index in [2.05, 4.69) is 54.6 Å². The summed E-state index contributed by atoms with van der Waals surface area (Å²) >= 11 is 0. The second-order valence-corrected chi connectivity index (χ2v) is 7.12. The highest BCUT2D eigenvalue weighted by molar-refractivity contribution is 6.44. The van der Waals surface area contributed by atoms with Crippen molar-refractivity contribution in [1.29, 1.82) is 0 Å². The Morgan fingerprint density at radius 1 is 0.400 bits per heavy atom. The average molecular weight is 315 g/mol. The van der Waals surface area contributed by atoms with E-state index in [-0.39, 0.29) is 5.75 Å². The zero-order valence-electron chi connectivity index (χ0n) is 13.3. The molecule has 0 amide bonds. The Morgan fingerprint density at radius 3 is 1.28 bits per heavy atom. The normalized spacial score (nSPS) is 13.0. The van der Waals surface area contributed by atoms with Gasteiger partial charge in [-0.2, -0.15) is 0 Å². The van der Waals surface area contributed by atoms with E-state index in [0.29, 0.717) is 0 Å². The van der Waals surface area contributed by atoms with Crippen molar-refractivity contribution in [1.82, 2.24) is 0 Å². The van der Waals surface area contributed by atoms with Crippen molar-refractivity contribution in [2.24, 2.45) is 0 Å². The van der Waals surface area contributed by atoms with Crippen LogP contribution in [0.25, 0.3) is 64.6 Å². The van der Waals surface area contributed by atoms with Crippen LogP contribution in [0.5, 0.6) is 5.75 Å². The van der Waals surface area contributed by atoms with E-state index in [1.807, 2.05) is 6.07 Å². The molecule has 7 rings (SSSR count). The minimum atomic E-state index is 0.118. The molecule has 0 bridgehead atoms. The molecule has 1 heteroatoms. The van der Waals surface area contributed by atoms with Gasteiger partial charge in [0.15, 0.2) is 5.75 Å². The summed E-state index contributed by atoms with van der Waals surface area (Å²) in [6, 6.07) is 23.4. The molecule has 7 aromatic carbocycles. The fourth-order valence-electron chi connectivity index (χ4n) is 4.95. The summed E-state index contributed by atoms with van der Waals surface area (Å²) in [6.07, 6.45) is 0. The van der Waals surface area contributed by atoms with Crippen molar-refractivity contribution in [3.8, 4) is 5.75 Å². The zero-order chi connectivity index (χ0) is 16.3. The molecule has 0 aromatic heterocycles. The van der Waals surface area contributed by atoms with Gasteiger partial charge in [0, 0.05) is 10.8 Å². The molecular weight excluding hydrogens is 304 g/mol. The number of hydrogen-bond acceptors (Lipinski definition) is 0. The smallest absolute Gasteiger partial charge is 0.187 e. The van der Waals surface area contributed by atoms with Crippen LogP contribution in [0.3, 0.4) is 0 Å². The van der Waals surface area contributed by atoms with Crippen molar-refractivity contribution in [3.05, 3.63) is 66.7 Å². The van der Waals surface area contributed by atoms with Crippen LogP contribution in [-0.4, -0.2) is 0 Å². The Labute approximate surface area is 142 Å². The lowest BCUT2D eigenvalue weighted by molar-refractivity contribution is 0.361. The molecule has 0 atom stereocenters. The molecule has 7 aromatic rings. The van der Waals surface area contributed by atoms with Gasteiger partial charge in [-0.3, -0.25) is 5.11 Å². The van der Waals surface area contributed by atoms with Gasteiger partial charge in [-0.25, -0.2) is 0 Å². The summed E-state index contributed by atoms with van der Waals surface area (Å²) < 4.78 is 0. The van der Waals surface area contributed by atoms with E-state index in [4.69, 9.17) is 0 Å². The van der Waals surface area contributed by atoms with E-state index >= 15 is 0 Å².